The molecule has 0 aliphatic heterocycles. The summed E-state index contributed by atoms with van der Waals surface area (Å²) < 4.78 is 9.14. The highest BCUT2D eigenvalue weighted by molar-refractivity contribution is 7.18. The van der Waals surface area contributed by atoms with Crippen LogP contribution in [-0.2, 0) is 6.54 Å². The molecule has 3 aromatic carbocycles. The summed E-state index contributed by atoms with van der Waals surface area (Å²) in [6.07, 6.45) is 5.40. The van der Waals surface area contributed by atoms with E-state index in [0.717, 1.165) is 11.6 Å². The standard InChI is InChI=1S/C25H18NO2S/c27-25-19(17-28-22-12-6-4-10-20(22)25)14-15-24-26(16-18-8-2-1-3-9-18)21-11-5-7-13-23(21)29-24/h1-15,17H,16H2/q+1/b15-14+. The van der Waals surface area contributed by atoms with E-state index in [9.17, 15) is 4.79 Å². The molecule has 140 valence electrons. The fourth-order valence-corrected chi connectivity index (χ4v) is 4.54. The lowest BCUT2D eigenvalue weighted by Gasteiger charge is -1.99. The number of hydrogen-bond acceptors (Lipinski definition) is 3. The van der Waals surface area contributed by atoms with Crippen LogP contribution in [0.2, 0.25) is 0 Å². The SMILES string of the molecule is O=c1c(/C=C/c2sc3ccccc3[n+]2Cc2ccccc2)coc2ccccc12. The first-order valence-electron chi connectivity index (χ1n) is 9.43. The van der Waals surface area contributed by atoms with Crippen LogP contribution in [0.4, 0.5) is 0 Å². The Kier molecular flexibility index (Phi) is 4.54. The molecule has 0 saturated heterocycles. The molecule has 0 fully saturated rings. The molecule has 0 aliphatic carbocycles. The van der Waals surface area contributed by atoms with Crippen molar-refractivity contribution in [2.24, 2.45) is 0 Å². The molecule has 29 heavy (non-hydrogen) atoms. The molecule has 0 radical (unpaired) electrons. The highest BCUT2D eigenvalue weighted by atomic mass is 32.1. The van der Waals surface area contributed by atoms with Gasteiger partial charge in [-0.2, -0.15) is 4.57 Å². The Morgan fingerprint density at radius 3 is 2.52 bits per heavy atom. The van der Waals surface area contributed by atoms with Crippen LogP contribution in [0.1, 0.15) is 16.1 Å². The normalized spacial score (nSPS) is 11.6. The van der Waals surface area contributed by atoms with Gasteiger partial charge in [0, 0.05) is 17.7 Å². The molecule has 0 aliphatic rings. The third kappa shape index (κ3) is 3.39. The van der Waals surface area contributed by atoms with E-state index in [-0.39, 0.29) is 5.43 Å². The largest absolute Gasteiger partial charge is 0.463 e. The Labute approximate surface area is 171 Å². The van der Waals surface area contributed by atoms with Crippen molar-refractivity contribution in [3.63, 3.8) is 0 Å². The van der Waals surface area contributed by atoms with Crippen LogP contribution in [0, 0.1) is 0 Å². The molecule has 0 unspecified atom stereocenters. The summed E-state index contributed by atoms with van der Waals surface area (Å²) in [5.74, 6) is 0. The summed E-state index contributed by atoms with van der Waals surface area (Å²) in [5.41, 5.74) is 3.56. The number of aromatic nitrogens is 1. The lowest BCUT2D eigenvalue weighted by molar-refractivity contribution is -0.659. The van der Waals surface area contributed by atoms with E-state index in [1.807, 2.05) is 36.4 Å². The Bertz CT molecular complexity index is 1400. The molecule has 0 amide bonds. The number of hydrogen-bond donors (Lipinski definition) is 0. The van der Waals surface area contributed by atoms with Gasteiger partial charge in [-0.15, -0.1) is 0 Å². The van der Waals surface area contributed by atoms with Gasteiger partial charge in [0.25, 0.3) is 5.01 Å². The van der Waals surface area contributed by atoms with Crippen LogP contribution in [0.15, 0.2) is 94.3 Å². The van der Waals surface area contributed by atoms with Crippen molar-refractivity contribution in [1.29, 1.82) is 0 Å². The molecule has 5 rings (SSSR count). The maximum atomic E-state index is 12.8. The van der Waals surface area contributed by atoms with Crippen molar-refractivity contribution in [2.45, 2.75) is 6.54 Å². The molecule has 5 aromatic rings. The second kappa shape index (κ2) is 7.49. The first-order chi connectivity index (χ1) is 14.3. The number of nitrogens with zero attached hydrogens (tertiary/aromatic N) is 1. The smallest absolute Gasteiger partial charge is 0.263 e. The lowest BCUT2D eigenvalue weighted by Crippen LogP contribution is -2.35. The number of benzene rings is 3. The highest BCUT2D eigenvalue weighted by Crippen LogP contribution is 2.22. The second-order valence-electron chi connectivity index (χ2n) is 6.83. The van der Waals surface area contributed by atoms with Gasteiger partial charge in [0.15, 0.2) is 12.0 Å². The van der Waals surface area contributed by atoms with E-state index >= 15 is 0 Å². The molecule has 0 N–H and O–H groups in total. The van der Waals surface area contributed by atoms with Crippen LogP contribution in [0.3, 0.4) is 0 Å². The summed E-state index contributed by atoms with van der Waals surface area (Å²) in [5, 5.41) is 1.69. The van der Waals surface area contributed by atoms with Gasteiger partial charge >= 0.3 is 0 Å². The van der Waals surface area contributed by atoms with Crippen molar-refractivity contribution in [1.82, 2.24) is 0 Å². The Morgan fingerprint density at radius 2 is 1.62 bits per heavy atom. The van der Waals surface area contributed by atoms with Gasteiger partial charge in [-0.1, -0.05) is 65.9 Å². The molecule has 2 aromatic heterocycles. The molecule has 3 nitrogen and oxygen atoms in total. The highest BCUT2D eigenvalue weighted by Gasteiger charge is 2.18. The summed E-state index contributed by atoms with van der Waals surface area (Å²) in [6.45, 7) is 0.775. The summed E-state index contributed by atoms with van der Waals surface area (Å²) >= 11 is 1.72. The first kappa shape index (κ1) is 17.6. The average Bonchev–Trinajstić information content (AvgIpc) is 3.12. The Hall–Kier alpha value is -3.50. The average molecular weight is 396 g/mol. The maximum absolute atomic E-state index is 12.8. The third-order valence-corrected chi connectivity index (χ3v) is 6.06. The van der Waals surface area contributed by atoms with Gasteiger partial charge in [0.1, 0.15) is 16.5 Å². The van der Waals surface area contributed by atoms with Crippen molar-refractivity contribution in [3.8, 4) is 0 Å². The molecule has 0 bridgehead atoms. The van der Waals surface area contributed by atoms with Crippen molar-refractivity contribution < 1.29 is 8.98 Å². The van der Waals surface area contributed by atoms with Gasteiger partial charge in [-0.25, -0.2) is 0 Å². The maximum Gasteiger partial charge on any atom is 0.263 e. The minimum absolute atomic E-state index is 0.0150. The van der Waals surface area contributed by atoms with Crippen LogP contribution < -0.4 is 10.00 Å². The van der Waals surface area contributed by atoms with Gasteiger partial charge in [-0.05, 0) is 24.3 Å². The molecule has 4 heteroatoms. The summed E-state index contributed by atoms with van der Waals surface area (Å²) in [4.78, 5) is 12.8. The summed E-state index contributed by atoms with van der Waals surface area (Å²) in [7, 11) is 0. The first-order valence-corrected chi connectivity index (χ1v) is 10.3. The lowest BCUT2D eigenvalue weighted by atomic mass is 10.1. The van der Waals surface area contributed by atoms with E-state index in [1.54, 1.807) is 17.4 Å². The van der Waals surface area contributed by atoms with Crippen LogP contribution in [0.5, 0.6) is 0 Å². The fourth-order valence-electron chi connectivity index (χ4n) is 3.48. The van der Waals surface area contributed by atoms with Crippen molar-refractivity contribution in [2.75, 3.05) is 0 Å². The van der Waals surface area contributed by atoms with Crippen LogP contribution >= 0.6 is 11.3 Å². The zero-order valence-corrected chi connectivity index (χ0v) is 16.4. The van der Waals surface area contributed by atoms with E-state index < -0.39 is 0 Å². The van der Waals surface area contributed by atoms with Crippen molar-refractivity contribution >= 4 is 44.7 Å². The van der Waals surface area contributed by atoms with Gasteiger partial charge in [0.2, 0.25) is 5.52 Å². The topological polar surface area (TPSA) is 34.1 Å². The van der Waals surface area contributed by atoms with Gasteiger partial charge < -0.3 is 4.42 Å². The zero-order valence-electron chi connectivity index (χ0n) is 15.6. The second-order valence-corrected chi connectivity index (χ2v) is 7.89. The quantitative estimate of drug-likeness (QED) is 0.375. The Morgan fingerprint density at radius 1 is 0.862 bits per heavy atom. The predicted octanol–water partition coefficient (Wildman–Crippen LogP) is 5.51. The predicted molar refractivity (Wildman–Crippen MR) is 119 cm³/mol. The number of rotatable bonds is 4. The third-order valence-electron chi connectivity index (χ3n) is 4.93. The van der Waals surface area contributed by atoms with Gasteiger partial charge in [0.05, 0.1) is 10.9 Å². The van der Waals surface area contributed by atoms with E-state index in [0.29, 0.717) is 16.5 Å². The van der Waals surface area contributed by atoms with Crippen LogP contribution in [-0.4, -0.2) is 0 Å². The number of para-hydroxylation sites is 2. The number of thiazole rings is 1. The monoisotopic (exact) mass is 396 g/mol. The molecule has 2 heterocycles. The summed E-state index contributed by atoms with van der Waals surface area (Å²) in [6, 6.07) is 26.1. The van der Waals surface area contributed by atoms with Crippen molar-refractivity contribution in [3.05, 3.63) is 111 Å². The van der Waals surface area contributed by atoms with Crippen LogP contribution in [0.25, 0.3) is 33.3 Å². The molecular formula is C25H18NO2S+. The molecule has 0 saturated carbocycles. The minimum atomic E-state index is -0.0150. The fraction of sp³-hybridized carbons (Fsp3) is 0.0400. The Balaban J connectivity index is 1.59. The van der Waals surface area contributed by atoms with Gasteiger partial charge in [-0.3, -0.25) is 4.79 Å². The molecule has 0 spiro atoms. The molecular weight excluding hydrogens is 378 g/mol. The van der Waals surface area contributed by atoms with E-state index in [1.165, 1.54) is 22.0 Å². The van der Waals surface area contributed by atoms with E-state index in [4.69, 9.17) is 4.42 Å². The zero-order chi connectivity index (χ0) is 19.6. The minimum Gasteiger partial charge on any atom is -0.463 e. The van der Waals surface area contributed by atoms with E-state index in [2.05, 4.69) is 53.1 Å². The molecule has 0 atom stereocenters. The number of fused-ring (bicyclic) bond motifs is 2.